The lowest BCUT2D eigenvalue weighted by atomic mass is 10.3. The molecule has 0 saturated carbocycles. The zero-order valence-electron chi connectivity index (χ0n) is 7.50. The Kier molecular flexibility index (Phi) is 2.75. The maximum absolute atomic E-state index is 11.4. The van der Waals surface area contributed by atoms with Crippen molar-refractivity contribution in [2.75, 3.05) is 5.73 Å². The largest absolute Gasteiger partial charge is 0.393 e. The Balaban J connectivity index is 2.98. The first-order chi connectivity index (χ1) is 6.20. The number of hydrogen-bond donors (Lipinski definition) is 2. The molecule has 5 nitrogen and oxygen atoms in total. The molecule has 0 aromatic carbocycles. The van der Waals surface area contributed by atoms with Crippen LogP contribution in [0.2, 0.25) is 0 Å². The van der Waals surface area contributed by atoms with Crippen molar-refractivity contribution < 1.29 is 0 Å². The van der Waals surface area contributed by atoms with Crippen LogP contribution in [0.1, 0.15) is 19.0 Å². The zero-order valence-corrected chi connectivity index (χ0v) is 7.50. The molecule has 0 bridgehead atoms. The molecule has 0 spiro atoms. The van der Waals surface area contributed by atoms with Crippen molar-refractivity contribution in [2.45, 2.75) is 26.3 Å². The van der Waals surface area contributed by atoms with Crippen molar-refractivity contribution in [2.24, 2.45) is 0 Å². The van der Waals surface area contributed by atoms with Gasteiger partial charge in [-0.1, -0.05) is 6.92 Å². The van der Waals surface area contributed by atoms with E-state index >= 15 is 0 Å². The van der Waals surface area contributed by atoms with E-state index in [9.17, 15) is 4.79 Å². The molecular formula is C8H12N4O. The molecule has 0 radical (unpaired) electrons. The van der Waals surface area contributed by atoms with Crippen molar-refractivity contribution in [1.29, 1.82) is 5.26 Å². The van der Waals surface area contributed by atoms with Gasteiger partial charge in [0.05, 0.1) is 24.7 Å². The van der Waals surface area contributed by atoms with Crippen molar-refractivity contribution in [1.82, 2.24) is 9.78 Å². The van der Waals surface area contributed by atoms with Crippen LogP contribution in [-0.4, -0.2) is 9.78 Å². The van der Waals surface area contributed by atoms with E-state index in [0.717, 1.165) is 5.69 Å². The van der Waals surface area contributed by atoms with E-state index in [-0.39, 0.29) is 11.2 Å². The van der Waals surface area contributed by atoms with Crippen LogP contribution in [0.3, 0.4) is 0 Å². The molecule has 0 fully saturated rings. The van der Waals surface area contributed by atoms with Gasteiger partial charge >= 0.3 is 0 Å². The van der Waals surface area contributed by atoms with E-state index < -0.39 is 0 Å². The van der Waals surface area contributed by atoms with Gasteiger partial charge in [-0.25, -0.2) is 0 Å². The molecular weight excluding hydrogens is 168 g/mol. The van der Waals surface area contributed by atoms with Gasteiger partial charge in [0.15, 0.2) is 0 Å². The highest BCUT2D eigenvalue weighted by atomic mass is 16.1. The third-order valence-corrected chi connectivity index (χ3v) is 1.87. The van der Waals surface area contributed by atoms with Crippen molar-refractivity contribution in [3.8, 4) is 6.07 Å². The molecule has 0 unspecified atom stereocenters. The highest BCUT2D eigenvalue weighted by molar-refractivity contribution is 5.40. The van der Waals surface area contributed by atoms with E-state index in [2.05, 4.69) is 5.10 Å². The molecule has 0 saturated heterocycles. The second kappa shape index (κ2) is 3.81. The Labute approximate surface area is 75.8 Å². The number of aryl methyl sites for hydroxylation is 2. The molecule has 0 aliphatic carbocycles. The maximum Gasteiger partial charge on any atom is 0.289 e. The number of hydrogen-bond acceptors (Lipinski definition) is 3. The van der Waals surface area contributed by atoms with Gasteiger partial charge in [-0.15, -0.1) is 0 Å². The van der Waals surface area contributed by atoms with Gasteiger partial charge in [-0.2, -0.15) is 5.26 Å². The molecule has 0 amide bonds. The fourth-order valence-corrected chi connectivity index (χ4v) is 1.14. The van der Waals surface area contributed by atoms with E-state index in [0.29, 0.717) is 19.4 Å². The number of nitrogen functional groups attached to an aromatic ring is 1. The second-order valence-corrected chi connectivity index (χ2v) is 2.72. The summed E-state index contributed by atoms with van der Waals surface area (Å²) >= 11 is 0. The van der Waals surface area contributed by atoms with Crippen LogP contribution in [0.25, 0.3) is 0 Å². The van der Waals surface area contributed by atoms with Crippen LogP contribution < -0.4 is 11.3 Å². The van der Waals surface area contributed by atoms with Gasteiger partial charge in [0.1, 0.15) is 5.69 Å². The number of H-pyrrole nitrogens is 1. The van der Waals surface area contributed by atoms with E-state index in [4.69, 9.17) is 11.0 Å². The predicted molar refractivity (Wildman–Crippen MR) is 49.1 cm³/mol. The predicted octanol–water partition coefficient (Wildman–Crippen LogP) is 0.235. The van der Waals surface area contributed by atoms with Crippen LogP contribution >= 0.6 is 0 Å². The Morgan fingerprint density at radius 3 is 2.85 bits per heavy atom. The molecule has 1 heterocycles. The molecule has 1 aromatic heterocycles. The lowest BCUT2D eigenvalue weighted by molar-refractivity contribution is 0.601. The van der Waals surface area contributed by atoms with Crippen molar-refractivity contribution >= 4 is 5.69 Å². The van der Waals surface area contributed by atoms with E-state index in [1.165, 1.54) is 4.68 Å². The first kappa shape index (κ1) is 9.39. The molecule has 0 aliphatic rings. The van der Waals surface area contributed by atoms with E-state index in [1.807, 2.05) is 13.0 Å². The minimum Gasteiger partial charge on any atom is -0.393 e. The number of rotatable bonds is 3. The molecule has 0 aliphatic heterocycles. The topological polar surface area (TPSA) is 87.6 Å². The summed E-state index contributed by atoms with van der Waals surface area (Å²) in [6.45, 7) is 2.29. The number of nitrogens with zero attached hydrogens (tertiary/aromatic N) is 2. The Hall–Kier alpha value is -1.70. The number of nitriles is 1. The maximum atomic E-state index is 11.4. The summed E-state index contributed by atoms with van der Waals surface area (Å²) in [5, 5.41) is 11.2. The summed E-state index contributed by atoms with van der Waals surface area (Å²) in [5.74, 6) is 0. The molecule has 70 valence electrons. The fraction of sp³-hybridized carbons (Fsp3) is 0.500. The third kappa shape index (κ3) is 1.72. The van der Waals surface area contributed by atoms with E-state index in [1.54, 1.807) is 0 Å². The Bertz CT molecular complexity index is 382. The summed E-state index contributed by atoms with van der Waals surface area (Å²) in [6, 6.07) is 1.97. The number of anilines is 1. The minimum absolute atomic E-state index is 0.230. The fourth-order valence-electron chi connectivity index (χ4n) is 1.14. The highest BCUT2D eigenvalue weighted by Gasteiger charge is 2.07. The summed E-state index contributed by atoms with van der Waals surface area (Å²) in [5.41, 5.74) is 6.31. The lowest BCUT2D eigenvalue weighted by Crippen LogP contribution is -2.18. The number of nitrogens with two attached hydrogens (primary N) is 1. The third-order valence-electron chi connectivity index (χ3n) is 1.87. The minimum atomic E-state index is -0.230. The van der Waals surface area contributed by atoms with Crippen molar-refractivity contribution in [3.63, 3.8) is 0 Å². The number of aromatic amines is 1. The molecule has 1 rings (SSSR count). The van der Waals surface area contributed by atoms with Gasteiger partial charge in [0, 0.05) is 0 Å². The van der Waals surface area contributed by atoms with Crippen LogP contribution in [0.4, 0.5) is 5.69 Å². The average Bonchev–Trinajstić information content (AvgIpc) is 2.41. The smallest absolute Gasteiger partial charge is 0.289 e. The van der Waals surface area contributed by atoms with Gasteiger partial charge < -0.3 is 5.73 Å². The lowest BCUT2D eigenvalue weighted by Gasteiger charge is -1.95. The van der Waals surface area contributed by atoms with Gasteiger partial charge in [0.2, 0.25) is 0 Å². The molecule has 0 atom stereocenters. The Morgan fingerprint density at radius 2 is 2.38 bits per heavy atom. The summed E-state index contributed by atoms with van der Waals surface area (Å²) in [4.78, 5) is 11.4. The molecule has 13 heavy (non-hydrogen) atoms. The van der Waals surface area contributed by atoms with Gasteiger partial charge in [-0.3, -0.25) is 14.6 Å². The first-order valence-corrected chi connectivity index (χ1v) is 4.14. The SMILES string of the molecule is CCc1[nH]n(CCC#N)c(=O)c1N. The quantitative estimate of drug-likeness (QED) is 0.698. The molecule has 5 heteroatoms. The van der Waals surface area contributed by atoms with Crippen molar-refractivity contribution in [3.05, 3.63) is 16.0 Å². The summed E-state index contributed by atoms with van der Waals surface area (Å²) in [7, 11) is 0. The average molecular weight is 180 g/mol. The van der Waals surface area contributed by atoms with Crippen LogP contribution in [-0.2, 0) is 13.0 Å². The second-order valence-electron chi connectivity index (χ2n) is 2.72. The first-order valence-electron chi connectivity index (χ1n) is 4.14. The standard InChI is InChI=1S/C8H12N4O/c1-2-6-7(10)8(13)12(11-6)5-3-4-9/h11H,2-3,5,10H2,1H3. The highest BCUT2D eigenvalue weighted by Crippen LogP contribution is 2.03. The summed E-state index contributed by atoms with van der Waals surface area (Å²) < 4.78 is 1.37. The number of nitrogens with one attached hydrogen (secondary N) is 1. The van der Waals surface area contributed by atoms with Gasteiger partial charge in [0.25, 0.3) is 5.56 Å². The molecule has 3 N–H and O–H groups in total. The van der Waals surface area contributed by atoms with Crippen LogP contribution in [0, 0.1) is 11.3 Å². The van der Waals surface area contributed by atoms with Crippen LogP contribution in [0.5, 0.6) is 0 Å². The van der Waals surface area contributed by atoms with Crippen LogP contribution in [0.15, 0.2) is 4.79 Å². The number of aromatic nitrogens is 2. The zero-order chi connectivity index (χ0) is 9.84. The molecule has 1 aromatic rings. The Morgan fingerprint density at radius 1 is 1.69 bits per heavy atom. The monoisotopic (exact) mass is 180 g/mol. The van der Waals surface area contributed by atoms with Gasteiger partial charge in [-0.05, 0) is 6.42 Å². The normalized spacial score (nSPS) is 9.85. The summed E-state index contributed by atoms with van der Waals surface area (Å²) in [6.07, 6.45) is 1.00.